The SMILES string of the molecule is CC(CS(=O)Cc1ccc(Br)cc1[N+](=O)[O-])C(=O)O. The third-order valence-corrected chi connectivity index (χ3v) is 4.42. The zero-order valence-corrected chi connectivity index (χ0v) is 12.4. The van der Waals surface area contributed by atoms with Crippen LogP contribution in [-0.2, 0) is 21.3 Å². The Bertz CT molecular complexity index is 534. The van der Waals surface area contributed by atoms with Crippen LogP contribution in [0.3, 0.4) is 0 Å². The molecule has 2 atom stereocenters. The average molecular weight is 350 g/mol. The summed E-state index contributed by atoms with van der Waals surface area (Å²) >= 11 is 3.13. The van der Waals surface area contributed by atoms with Crippen molar-refractivity contribution in [2.45, 2.75) is 12.7 Å². The normalized spacial score (nSPS) is 13.8. The van der Waals surface area contributed by atoms with Crippen LogP contribution in [0.2, 0.25) is 0 Å². The first-order valence-corrected chi connectivity index (χ1v) is 7.60. The van der Waals surface area contributed by atoms with Gasteiger partial charge >= 0.3 is 5.97 Å². The molecule has 0 amide bonds. The molecule has 0 aliphatic carbocycles. The van der Waals surface area contributed by atoms with Crippen molar-refractivity contribution in [1.82, 2.24) is 0 Å². The summed E-state index contributed by atoms with van der Waals surface area (Å²) in [6, 6.07) is 4.48. The summed E-state index contributed by atoms with van der Waals surface area (Å²) in [6.45, 7) is 1.45. The standard InChI is InChI=1S/C11H12BrNO5S/c1-7(11(14)15)5-19(18)6-8-2-3-9(12)4-10(8)13(16)17/h2-4,7H,5-6H2,1H3,(H,14,15). The second kappa shape index (κ2) is 6.76. The van der Waals surface area contributed by atoms with E-state index in [0.717, 1.165) is 0 Å². The molecule has 0 heterocycles. The van der Waals surface area contributed by atoms with Gasteiger partial charge in [-0.1, -0.05) is 28.9 Å². The zero-order chi connectivity index (χ0) is 14.6. The molecule has 0 aliphatic heterocycles. The van der Waals surface area contributed by atoms with Crippen LogP contribution < -0.4 is 0 Å². The summed E-state index contributed by atoms with van der Waals surface area (Å²) < 4.78 is 12.4. The van der Waals surface area contributed by atoms with Gasteiger partial charge in [0.05, 0.1) is 16.6 Å². The monoisotopic (exact) mass is 349 g/mol. The summed E-state index contributed by atoms with van der Waals surface area (Å²) in [4.78, 5) is 21.0. The largest absolute Gasteiger partial charge is 0.481 e. The Morgan fingerprint density at radius 3 is 2.74 bits per heavy atom. The number of nitrogens with zero attached hydrogens (tertiary/aromatic N) is 1. The van der Waals surface area contributed by atoms with E-state index in [0.29, 0.717) is 10.0 Å². The number of nitro groups is 1. The van der Waals surface area contributed by atoms with Gasteiger partial charge in [-0.15, -0.1) is 0 Å². The van der Waals surface area contributed by atoms with E-state index in [1.165, 1.54) is 19.1 Å². The first kappa shape index (κ1) is 15.8. The van der Waals surface area contributed by atoms with Crippen molar-refractivity contribution in [3.05, 3.63) is 38.3 Å². The number of carboxylic acids is 1. The highest BCUT2D eigenvalue weighted by Gasteiger charge is 2.19. The molecule has 0 aliphatic rings. The number of benzene rings is 1. The molecule has 1 rings (SSSR count). The van der Waals surface area contributed by atoms with Crippen LogP contribution in [0.5, 0.6) is 0 Å². The highest BCUT2D eigenvalue weighted by Crippen LogP contribution is 2.24. The Balaban J connectivity index is 2.85. The Kier molecular flexibility index (Phi) is 5.61. The van der Waals surface area contributed by atoms with Crippen LogP contribution in [-0.4, -0.2) is 26.0 Å². The van der Waals surface area contributed by atoms with Crippen molar-refractivity contribution in [1.29, 1.82) is 0 Å². The summed E-state index contributed by atoms with van der Waals surface area (Å²) in [5.74, 6) is -1.82. The van der Waals surface area contributed by atoms with Crippen molar-refractivity contribution < 1.29 is 19.0 Å². The molecule has 104 valence electrons. The predicted octanol–water partition coefficient (Wildman–Crippen LogP) is 2.33. The Labute approximate surface area is 120 Å². The molecular formula is C11H12BrNO5S. The van der Waals surface area contributed by atoms with Gasteiger partial charge in [0.15, 0.2) is 0 Å². The second-order valence-electron chi connectivity index (χ2n) is 4.02. The Morgan fingerprint density at radius 1 is 1.58 bits per heavy atom. The van der Waals surface area contributed by atoms with Crippen LogP contribution in [0.1, 0.15) is 12.5 Å². The van der Waals surface area contributed by atoms with E-state index in [4.69, 9.17) is 5.11 Å². The first-order valence-electron chi connectivity index (χ1n) is 5.32. The maximum absolute atomic E-state index is 11.8. The van der Waals surface area contributed by atoms with Crippen LogP contribution in [0.15, 0.2) is 22.7 Å². The molecule has 0 bridgehead atoms. The van der Waals surface area contributed by atoms with E-state index in [1.54, 1.807) is 6.07 Å². The van der Waals surface area contributed by atoms with E-state index in [-0.39, 0.29) is 17.2 Å². The lowest BCUT2D eigenvalue weighted by Gasteiger charge is -2.07. The molecule has 0 aromatic heterocycles. The van der Waals surface area contributed by atoms with E-state index in [9.17, 15) is 19.1 Å². The smallest absolute Gasteiger partial charge is 0.307 e. The molecule has 19 heavy (non-hydrogen) atoms. The summed E-state index contributed by atoms with van der Waals surface area (Å²) in [5.41, 5.74) is 0.217. The maximum Gasteiger partial charge on any atom is 0.307 e. The van der Waals surface area contributed by atoms with Gasteiger partial charge in [0.2, 0.25) is 0 Å². The lowest BCUT2D eigenvalue weighted by molar-refractivity contribution is -0.385. The number of carboxylic acid groups (broad SMARTS) is 1. The summed E-state index contributed by atoms with van der Waals surface area (Å²) in [7, 11) is -1.46. The number of hydrogen-bond acceptors (Lipinski definition) is 4. The number of rotatable bonds is 6. The third-order valence-electron chi connectivity index (χ3n) is 2.42. The molecule has 6 nitrogen and oxygen atoms in total. The van der Waals surface area contributed by atoms with Gasteiger partial charge in [-0.2, -0.15) is 0 Å². The molecule has 2 unspecified atom stereocenters. The minimum Gasteiger partial charge on any atom is -0.481 e. The third kappa shape index (κ3) is 4.71. The predicted molar refractivity (Wildman–Crippen MR) is 74.3 cm³/mol. The van der Waals surface area contributed by atoms with Gasteiger partial charge in [-0.3, -0.25) is 19.1 Å². The van der Waals surface area contributed by atoms with Crippen molar-refractivity contribution >= 4 is 38.4 Å². The maximum atomic E-state index is 11.8. The highest BCUT2D eigenvalue weighted by atomic mass is 79.9. The van der Waals surface area contributed by atoms with E-state index in [1.807, 2.05) is 0 Å². The zero-order valence-electron chi connectivity index (χ0n) is 10.0. The van der Waals surface area contributed by atoms with Crippen LogP contribution in [0.4, 0.5) is 5.69 Å². The van der Waals surface area contributed by atoms with Crippen molar-refractivity contribution in [2.24, 2.45) is 5.92 Å². The molecule has 1 N–H and O–H groups in total. The van der Waals surface area contributed by atoms with E-state index in [2.05, 4.69) is 15.9 Å². The van der Waals surface area contributed by atoms with Crippen molar-refractivity contribution in [3.8, 4) is 0 Å². The van der Waals surface area contributed by atoms with E-state index >= 15 is 0 Å². The number of nitro benzene ring substituents is 1. The van der Waals surface area contributed by atoms with Crippen LogP contribution in [0, 0.1) is 16.0 Å². The minimum atomic E-state index is -1.46. The van der Waals surface area contributed by atoms with Gasteiger partial charge in [0.1, 0.15) is 0 Å². The fourth-order valence-corrected chi connectivity index (χ4v) is 3.17. The number of halogens is 1. The first-order chi connectivity index (χ1) is 8.81. The number of carbonyl (C=O) groups is 1. The van der Waals surface area contributed by atoms with Gasteiger partial charge in [-0.05, 0) is 6.07 Å². The van der Waals surface area contributed by atoms with Crippen LogP contribution >= 0.6 is 15.9 Å². The molecular weight excluding hydrogens is 338 g/mol. The van der Waals surface area contributed by atoms with Gasteiger partial charge in [-0.25, -0.2) is 0 Å². The number of hydrogen-bond donors (Lipinski definition) is 1. The van der Waals surface area contributed by atoms with Crippen LogP contribution in [0.25, 0.3) is 0 Å². The van der Waals surface area contributed by atoms with Gasteiger partial charge in [0.25, 0.3) is 5.69 Å². The number of aliphatic carboxylic acids is 1. The second-order valence-corrected chi connectivity index (χ2v) is 6.44. The van der Waals surface area contributed by atoms with E-state index < -0.39 is 27.6 Å². The minimum absolute atomic E-state index is 0.0252. The molecule has 1 aromatic carbocycles. The average Bonchev–Trinajstić information content (AvgIpc) is 2.30. The fourth-order valence-electron chi connectivity index (χ4n) is 1.41. The lowest BCUT2D eigenvalue weighted by Crippen LogP contribution is -2.18. The lowest BCUT2D eigenvalue weighted by atomic mass is 10.2. The molecule has 0 radical (unpaired) electrons. The molecule has 0 saturated heterocycles. The molecule has 0 spiro atoms. The van der Waals surface area contributed by atoms with Gasteiger partial charge in [0, 0.05) is 32.7 Å². The van der Waals surface area contributed by atoms with Crippen molar-refractivity contribution in [3.63, 3.8) is 0 Å². The molecule has 8 heteroatoms. The quantitative estimate of drug-likeness (QED) is 0.627. The summed E-state index contributed by atoms with van der Waals surface area (Å²) in [6.07, 6.45) is 0. The Hall–Kier alpha value is -1.28. The Morgan fingerprint density at radius 2 is 2.21 bits per heavy atom. The van der Waals surface area contributed by atoms with Crippen molar-refractivity contribution in [2.75, 3.05) is 5.75 Å². The fraction of sp³-hybridized carbons (Fsp3) is 0.364. The topological polar surface area (TPSA) is 97.5 Å². The highest BCUT2D eigenvalue weighted by molar-refractivity contribution is 9.10. The molecule has 1 aromatic rings. The summed E-state index contributed by atoms with van der Waals surface area (Å²) in [5, 5.41) is 19.6. The molecule has 0 fully saturated rings. The van der Waals surface area contributed by atoms with Gasteiger partial charge < -0.3 is 5.11 Å². The molecule has 0 saturated carbocycles.